The Kier molecular flexibility index (Phi) is 4.04. The van der Waals surface area contributed by atoms with E-state index in [1.54, 1.807) is 45.0 Å². The molecule has 6 heteroatoms. The van der Waals surface area contributed by atoms with Crippen molar-refractivity contribution in [1.82, 2.24) is 5.32 Å². The molecule has 0 bridgehead atoms. The van der Waals surface area contributed by atoms with Crippen LogP contribution in [0.25, 0.3) is 0 Å². The molecular weight excluding hydrogens is 284 g/mol. The Bertz CT molecular complexity index is 569. The van der Waals surface area contributed by atoms with Gasteiger partial charge in [0.25, 0.3) is 0 Å². The second kappa shape index (κ2) is 5.51. The molecule has 0 atom stereocenters. The van der Waals surface area contributed by atoms with Gasteiger partial charge in [0, 0.05) is 11.7 Å². The second-order valence-electron chi connectivity index (χ2n) is 6.76. The van der Waals surface area contributed by atoms with Crippen LogP contribution in [0.5, 0.6) is 0 Å². The van der Waals surface area contributed by atoms with Gasteiger partial charge in [-0.3, -0.25) is 4.79 Å². The summed E-state index contributed by atoms with van der Waals surface area (Å²) in [6.07, 6.45) is 0.158. The molecule has 1 amide bonds. The van der Waals surface area contributed by atoms with E-state index in [1.165, 1.54) is 0 Å². The van der Waals surface area contributed by atoms with E-state index in [1.807, 2.05) is 0 Å². The van der Waals surface area contributed by atoms with Crippen molar-refractivity contribution in [1.29, 1.82) is 0 Å². The van der Waals surface area contributed by atoms with Crippen LogP contribution in [0.2, 0.25) is 0 Å². The van der Waals surface area contributed by atoms with Crippen LogP contribution in [0, 0.1) is 0 Å². The number of amides is 1. The van der Waals surface area contributed by atoms with E-state index in [0.717, 1.165) is 0 Å². The molecule has 1 fully saturated rings. The summed E-state index contributed by atoms with van der Waals surface area (Å²) in [6.45, 7) is 5.34. The second-order valence-corrected chi connectivity index (χ2v) is 6.76. The van der Waals surface area contributed by atoms with Gasteiger partial charge in [0.1, 0.15) is 5.60 Å². The summed E-state index contributed by atoms with van der Waals surface area (Å²) in [5, 5.41) is 12.3. The molecule has 1 aromatic carbocycles. The number of carbonyl (C=O) groups excluding carboxylic acids is 1. The van der Waals surface area contributed by atoms with Gasteiger partial charge < -0.3 is 20.9 Å². The third-order valence-corrected chi connectivity index (χ3v) is 3.78. The maximum atomic E-state index is 11.7. The molecule has 0 radical (unpaired) electrons. The van der Waals surface area contributed by atoms with Crippen LogP contribution in [-0.4, -0.2) is 28.8 Å². The van der Waals surface area contributed by atoms with Crippen molar-refractivity contribution in [3.05, 3.63) is 29.8 Å². The highest BCUT2D eigenvalue weighted by atomic mass is 16.6. The van der Waals surface area contributed by atoms with E-state index >= 15 is 0 Å². The minimum absolute atomic E-state index is 0.205. The van der Waals surface area contributed by atoms with Crippen molar-refractivity contribution in [2.45, 2.75) is 50.7 Å². The lowest BCUT2D eigenvalue weighted by atomic mass is 9.61. The minimum Gasteiger partial charge on any atom is -0.481 e. The zero-order valence-corrected chi connectivity index (χ0v) is 13.1. The molecule has 22 heavy (non-hydrogen) atoms. The van der Waals surface area contributed by atoms with E-state index < -0.39 is 23.1 Å². The van der Waals surface area contributed by atoms with Gasteiger partial charge in [0.2, 0.25) is 0 Å². The number of alkyl carbamates (subject to hydrolysis) is 1. The topological polar surface area (TPSA) is 102 Å². The molecule has 1 aliphatic rings. The van der Waals surface area contributed by atoms with Crippen LogP contribution in [0.15, 0.2) is 24.3 Å². The largest absolute Gasteiger partial charge is 0.481 e. The molecule has 0 spiro atoms. The number of aliphatic carboxylic acids is 1. The first-order valence-electron chi connectivity index (χ1n) is 7.21. The van der Waals surface area contributed by atoms with Gasteiger partial charge in [0.15, 0.2) is 0 Å². The van der Waals surface area contributed by atoms with Gasteiger partial charge in [-0.25, -0.2) is 4.79 Å². The number of hydrogen-bond acceptors (Lipinski definition) is 4. The first-order valence-corrected chi connectivity index (χ1v) is 7.21. The molecule has 1 saturated carbocycles. The highest BCUT2D eigenvalue weighted by molar-refractivity contribution is 5.84. The molecule has 0 saturated heterocycles. The van der Waals surface area contributed by atoms with Crippen LogP contribution in [0.3, 0.4) is 0 Å². The van der Waals surface area contributed by atoms with Crippen LogP contribution < -0.4 is 11.1 Å². The number of carbonyl (C=O) groups is 2. The van der Waals surface area contributed by atoms with Gasteiger partial charge >= 0.3 is 12.1 Å². The van der Waals surface area contributed by atoms with Crippen LogP contribution in [0.1, 0.15) is 39.2 Å². The molecule has 1 aromatic rings. The predicted molar refractivity (Wildman–Crippen MR) is 82.6 cm³/mol. The average molecular weight is 306 g/mol. The Morgan fingerprint density at radius 3 is 2.27 bits per heavy atom. The van der Waals surface area contributed by atoms with Gasteiger partial charge in [-0.2, -0.15) is 0 Å². The first-order chi connectivity index (χ1) is 10.1. The smallest absolute Gasteiger partial charge is 0.407 e. The Labute approximate surface area is 129 Å². The summed E-state index contributed by atoms with van der Waals surface area (Å²) in [5.74, 6) is -0.889. The summed E-state index contributed by atoms with van der Waals surface area (Å²) >= 11 is 0. The number of anilines is 1. The number of nitrogens with two attached hydrogens (primary N) is 1. The minimum atomic E-state index is -0.965. The van der Waals surface area contributed by atoms with Crippen LogP contribution in [0.4, 0.5) is 10.5 Å². The van der Waals surface area contributed by atoms with Crippen molar-refractivity contribution >= 4 is 17.7 Å². The molecule has 1 aliphatic carbocycles. The standard InChI is InChI=1S/C16H22N2O4/c1-15(2,3)22-14(21)18-12-8-16(9-12,13(19)20)10-4-6-11(17)7-5-10/h4-7,12H,8-9,17H2,1-3H3,(H,18,21)(H,19,20). The van der Waals surface area contributed by atoms with Crippen molar-refractivity contribution in [3.8, 4) is 0 Å². The Hall–Kier alpha value is -2.24. The zero-order chi connectivity index (χ0) is 16.5. The number of carboxylic acid groups (broad SMARTS) is 1. The number of rotatable bonds is 3. The zero-order valence-electron chi connectivity index (χ0n) is 13.1. The van der Waals surface area contributed by atoms with Crippen molar-refractivity contribution in [2.24, 2.45) is 0 Å². The van der Waals surface area contributed by atoms with Gasteiger partial charge in [-0.05, 0) is 51.3 Å². The Balaban J connectivity index is 2.02. The molecule has 0 aliphatic heterocycles. The van der Waals surface area contributed by atoms with E-state index in [9.17, 15) is 14.7 Å². The fourth-order valence-corrected chi connectivity index (χ4v) is 2.69. The predicted octanol–water partition coefficient (Wildman–Crippen LogP) is 2.28. The molecule has 120 valence electrons. The summed E-state index contributed by atoms with van der Waals surface area (Å²) in [5.41, 5.74) is 5.39. The molecule has 0 heterocycles. The van der Waals surface area contributed by atoms with Crippen molar-refractivity contribution in [3.63, 3.8) is 0 Å². The Morgan fingerprint density at radius 2 is 1.82 bits per heavy atom. The number of benzene rings is 1. The number of nitrogen functional groups attached to an aromatic ring is 1. The summed E-state index contributed by atoms with van der Waals surface area (Å²) in [6, 6.07) is 6.63. The molecule has 0 aromatic heterocycles. The Morgan fingerprint density at radius 1 is 1.27 bits per heavy atom. The van der Waals surface area contributed by atoms with Gasteiger partial charge in [-0.15, -0.1) is 0 Å². The summed E-state index contributed by atoms with van der Waals surface area (Å²) in [7, 11) is 0. The van der Waals surface area contributed by atoms with Crippen molar-refractivity contribution in [2.75, 3.05) is 5.73 Å². The molecule has 0 unspecified atom stereocenters. The lowest BCUT2D eigenvalue weighted by molar-refractivity contribution is -0.148. The number of hydrogen-bond donors (Lipinski definition) is 3. The lowest BCUT2D eigenvalue weighted by Crippen LogP contribution is -2.57. The van der Waals surface area contributed by atoms with Gasteiger partial charge in [-0.1, -0.05) is 12.1 Å². The van der Waals surface area contributed by atoms with E-state index in [2.05, 4.69) is 5.32 Å². The number of carboxylic acids is 1. The molecule has 2 rings (SSSR count). The monoisotopic (exact) mass is 306 g/mol. The number of ether oxygens (including phenoxy) is 1. The molecule has 4 N–H and O–H groups in total. The normalized spacial score (nSPS) is 24.2. The first kappa shape index (κ1) is 16.1. The lowest BCUT2D eigenvalue weighted by Gasteiger charge is -2.45. The highest BCUT2D eigenvalue weighted by Gasteiger charge is 2.52. The van der Waals surface area contributed by atoms with Crippen LogP contribution in [-0.2, 0) is 14.9 Å². The van der Waals surface area contributed by atoms with E-state index in [0.29, 0.717) is 24.1 Å². The highest BCUT2D eigenvalue weighted by Crippen LogP contribution is 2.44. The quantitative estimate of drug-likeness (QED) is 0.744. The molecule has 6 nitrogen and oxygen atoms in total. The van der Waals surface area contributed by atoms with Crippen LogP contribution >= 0.6 is 0 Å². The third kappa shape index (κ3) is 3.32. The summed E-state index contributed by atoms with van der Waals surface area (Å²) in [4.78, 5) is 23.4. The van der Waals surface area contributed by atoms with E-state index in [-0.39, 0.29) is 6.04 Å². The maximum absolute atomic E-state index is 11.7. The average Bonchev–Trinajstić information content (AvgIpc) is 2.31. The molecular formula is C16H22N2O4. The van der Waals surface area contributed by atoms with E-state index in [4.69, 9.17) is 10.5 Å². The third-order valence-electron chi connectivity index (χ3n) is 3.78. The fraction of sp³-hybridized carbons (Fsp3) is 0.500. The maximum Gasteiger partial charge on any atom is 0.407 e. The van der Waals surface area contributed by atoms with Gasteiger partial charge in [0.05, 0.1) is 5.41 Å². The summed E-state index contributed by atoms with van der Waals surface area (Å²) < 4.78 is 5.18. The number of nitrogens with one attached hydrogen (secondary N) is 1. The SMILES string of the molecule is CC(C)(C)OC(=O)NC1CC(C(=O)O)(c2ccc(N)cc2)C1. The fourth-order valence-electron chi connectivity index (χ4n) is 2.69. The van der Waals surface area contributed by atoms with Crippen molar-refractivity contribution < 1.29 is 19.4 Å².